The zero-order valence-electron chi connectivity index (χ0n) is 7.35. The molecule has 0 saturated carbocycles. The molecule has 0 radical (unpaired) electrons. The standard InChI is InChI=1S/C7H12F3NOS/c1-5(7(8,9)10)6(4-11)13(2,3)12/h4,12H,1,11H2,2-3H3/b6-4+. The van der Waals surface area contributed by atoms with E-state index in [1.54, 1.807) is 0 Å². The van der Waals surface area contributed by atoms with E-state index in [0.29, 0.717) is 0 Å². The molecule has 0 bridgehead atoms. The third kappa shape index (κ3) is 3.31. The van der Waals surface area contributed by atoms with E-state index in [-0.39, 0.29) is 4.91 Å². The Morgan fingerprint density at radius 3 is 1.92 bits per heavy atom. The summed E-state index contributed by atoms with van der Waals surface area (Å²) in [6.07, 6.45) is -1.20. The second-order valence-electron chi connectivity index (χ2n) is 2.78. The number of hydrogen-bond donors (Lipinski definition) is 2. The summed E-state index contributed by atoms with van der Waals surface area (Å²) < 4.78 is 45.8. The Balaban J connectivity index is 4.97. The molecule has 2 nitrogen and oxygen atoms in total. The summed E-state index contributed by atoms with van der Waals surface area (Å²) >= 11 is 0. The number of allylic oxidation sites excluding steroid dienone is 1. The minimum absolute atomic E-state index is 0.333. The molecule has 0 aliphatic rings. The highest BCUT2D eigenvalue weighted by Crippen LogP contribution is 2.50. The van der Waals surface area contributed by atoms with E-state index in [1.807, 2.05) is 0 Å². The van der Waals surface area contributed by atoms with E-state index < -0.39 is 22.1 Å². The normalized spacial score (nSPS) is 15.7. The molecule has 0 aliphatic heterocycles. The van der Waals surface area contributed by atoms with Gasteiger partial charge in [-0.05, 0) is 12.5 Å². The molecule has 0 aromatic carbocycles. The molecular weight excluding hydrogens is 203 g/mol. The Kier molecular flexibility index (Phi) is 3.46. The van der Waals surface area contributed by atoms with Gasteiger partial charge in [-0.25, -0.2) is 0 Å². The fraction of sp³-hybridized carbons (Fsp3) is 0.429. The van der Waals surface area contributed by atoms with Crippen molar-refractivity contribution in [3.05, 3.63) is 23.3 Å². The maximum atomic E-state index is 12.1. The van der Waals surface area contributed by atoms with Crippen LogP contribution >= 0.6 is 10.3 Å². The van der Waals surface area contributed by atoms with Crippen molar-refractivity contribution in [1.82, 2.24) is 0 Å². The number of nitrogens with two attached hydrogens (primary N) is 1. The lowest BCUT2D eigenvalue weighted by Crippen LogP contribution is -2.16. The van der Waals surface area contributed by atoms with Gasteiger partial charge in [0.05, 0.1) is 5.57 Å². The van der Waals surface area contributed by atoms with Gasteiger partial charge in [0.15, 0.2) is 0 Å². The van der Waals surface area contributed by atoms with E-state index in [4.69, 9.17) is 5.73 Å². The van der Waals surface area contributed by atoms with Crippen molar-refractivity contribution in [2.75, 3.05) is 12.5 Å². The number of alkyl halides is 3. The van der Waals surface area contributed by atoms with Gasteiger partial charge >= 0.3 is 6.18 Å². The third-order valence-corrected chi connectivity index (χ3v) is 2.79. The quantitative estimate of drug-likeness (QED) is 0.695. The summed E-state index contributed by atoms with van der Waals surface area (Å²) in [6.45, 7) is 2.85. The van der Waals surface area contributed by atoms with Crippen LogP contribution in [0.2, 0.25) is 0 Å². The van der Waals surface area contributed by atoms with Crippen LogP contribution < -0.4 is 5.73 Å². The van der Waals surface area contributed by atoms with Crippen LogP contribution in [0, 0.1) is 0 Å². The van der Waals surface area contributed by atoms with Crippen LogP contribution in [-0.2, 0) is 0 Å². The van der Waals surface area contributed by atoms with Crippen LogP contribution in [0.3, 0.4) is 0 Å². The Bertz CT molecular complexity index is 239. The molecule has 0 heterocycles. The van der Waals surface area contributed by atoms with E-state index in [9.17, 15) is 17.7 Å². The van der Waals surface area contributed by atoms with Gasteiger partial charge in [0.1, 0.15) is 0 Å². The molecule has 0 spiro atoms. The Labute approximate surface area is 76.4 Å². The highest BCUT2D eigenvalue weighted by atomic mass is 32.3. The lowest BCUT2D eigenvalue weighted by molar-refractivity contribution is -0.0883. The first-order chi connectivity index (χ1) is 5.60. The molecule has 0 unspecified atom stereocenters. The predicted octanol–water partition coefficient (Wildman–Crippen LogP) is 2.44. The lowest BCUT2D eigenvalue weighted by atomic mass is 10.3. The van der Waals surface area contributed by atoms with Gasteiger partial charge in [-0.3, -0.25) is 0 Å². The minimum Gasteiger partial charge on any atom is -0.404 e. The van der Waals surface area contributed by atoms with Gasteiger partial charge in [0.2, 0.25) is 0 Å². The zero-order valence-corrected chi connectivity index (χ0v) is 8.17. The summed E-state index contributed by atoms with van der Waals surface area (Å²) in [6, 6.07) is 0. The molecule has 78 valence electrons. The molecule has 13 heavy (non-hydrogen) atoms. The summed E-state index contributed by atoms with van der Waals surface area (Å²) in [5.74, 6) is 0. The molecule has 0 aromatic rings. The van der Waals surface area contributed by atoms with Crippen molar-refractivity contribution >= 4 is 10.3 Å². The Hall–Kier alpha value is -0.620. The summed E-state index contributed by atoms with van der Waals surface area (Å²) in [5.41, 5.74) is 3.91. The maximum Gasteiger partial charge on any atom is 0.416 e. The van der Waals surface area contributed by atoms with E-state index in [1.165, 1.54) is 12.5 Å². The average molecular weight is 215 g/mol. The second-order valence-corrected chi connectivity index (χ2v) is 5.77. The number of halogens is 3. The van der Waals surface area contributed by atoms with Crippen molar-refractivity contribution in [3.8, 4) is 0 Å². The highest BCUT2D eigenvalue weighted by molar-refractivity contribution is 8.31. The van der Waals surface area contributed by atoms with Crippen molar-refractivity contribution < 1.29 is 17.7 Å². The van der Waals surface area contributed by atoms with E-state index in [0.717, 1.165) is 6.20 Å². The van der Waals surface area contributed by atoms with Gasteiger partial charge in [-0.2, -0.15) is 13.2 Å². The minimum atomic E-state index is -4.54. The smallest absolute Gasteiger partial charge is 0.404 e. The molecule has 0 aromatic heterocycles. The van der Waals surface area contributed by atoms with Gasteiger partial charge in [-0.1, -0.05) is 6.58 Å². The van der Waals surface area contributed by atoms with Gasteiger partial charge in [0, 0.05) is 11.1 Å². The van der Waals surface area contributed by atoms with Gasteiger partial charge in [0.25, 0.3) is 0 Å². The SMILES string of the molecule is C=C(/C(=C\N)S(C)(C)O)C(F)(F)F. The fourth-order valence-electron chi connectivity index (χ4n) is 0.708. The fourth-order valence-corrected chi connectivity index (χ4v) is 1.76. The average Bonchev–Trinajstić information content (AvgIpc) is 1.83. The van der Waals surface area contributed by atoms with Crippen molar-refractivity contribution in [1.29, 1.82) is 0 Å². The van der Waals surface area contributed by atoms with Crippen LogP contribution in [0.25, 0.3) is 0 Å². The van der Waals surface area contributed by atoms with E-state index >= 15 is 0 Å². The number of hydrogen-bond acceptors (Lipinski definition) is 2. The zero-order chi connectivity index (χ0) is 10.9. The summed E-state index contributed by atoms with van der Waals surface area (Å²) in [7, 11) is -2.48. The predicted molar refractivity (Wildman–Crippen MR) is 49.5 cm³/mol. The van der Waals surface area contributed by atoms with Crippen LogP contribution in [-0.4, -0.2) is 23.2 Å². The van der Waals surface area contributed by atoms with Crippen LogP contribution in [0.1, 0.15) is 0 Å². The van der Waals surface area contributed by atoms with Crippen LogP contribution in [0.5, 0.6) is 0 Å². The molecule has 6 heteroatoms. The Morgan fingerprint density at radius 2 is 1.85 bits per heavy atom. The van der Waals surface area contributed by atoms with E-state index in [2.05, 4.69) is 6.58 Å². The van der Waals surface area contributed by atoms with Crippen LogP contribution in [0.4, 0.5) is 13.2 Å². The molecule has 0 aliphatic carbocycles. The first-order valence-corrected chi connectivity index (χ1v) is 5.65. The maximum absolute atomic E-state index is 12.1. The van der Waals surface area contributed by atoms with Crippen molar-refractivity contribution in [2.45, 2.75) is 6.18 Å². The highest BCUT2D eigenvalue weighted by Gasteiger charge is 2.37. The summed E-state index contributed by atoms with van der Waals surface area (Å²) in [5, 5.41) is 0. The molecule has 0 atom stereocenters. The van der Waals surface area contributed by atoms with Gasteiger partial charge < -0.3 is 10.3 Å². The Morgan fingerprint density at radius 1 is 1.46 bits per heavy atom. The molecule has 0 rings (SSSR count). The topological polar surface area (TPSA) is 46.2 Å². The monoisotopic (exact) mass is 215 g/mol. The van der Waals surface area contributed by atoms with Crippen LogP contribution in [0.15, 0.2) is 23.3 Å². The number of rotatable bonds is 2. The van der Waals surface area contributed by atoms with Crippen molar-refractivity contribution in [3.63, 3.8) is 0 Å². The summed E-state index contributed by atoms with van der Waals surface area (Å²) in [4.78, 5) is -0.333. The first-order valence-electron chi connectivity index (χ1n) is 3.25. The molecular formula is C7H12F3NOS. The largest absolute Gasteiger partial charge is 0.416 e. The molecule has 3 N–H and O–H groups in total. The molecule has 0 fully saturated rings. The molecule has 0 saturated heterocycles. The third-order valence-electron chi connectivity index (χ3n) is 1.33. The van der Waals surface area contributed by atoms with Crippen molar-refractivity contribution in [2.24, 2.45) is 5.73 Å². The molecule has 0 amide bonds. The first kappa shape index (κ1) is 12.4. The van der Waals surface area contributed by atoms with Gasteiger partial charge in [-0.15, -0.1) is 10.3 Å². The lowest BCUT2D eigenvalue weighted by Gasteiger charge is -2.28. The second kappa shape index (κ2) is 3.63.